The minimum absolute atomic E-state index is 0.0797. The first-order valence-electron chi connectivity index (χ1n) is 11.4. The van der Waals surface area contributed by atoms with Gasteiger partial charge in [-0.25, -0.2) is 9.98 Å². The molecule has 3 rings (SSSR count). The van der Waals surface area contributed by atoms with Crippen molar-refractivity contribution >= 4 is 22.8 Å². The van der Waals surface area contributed by atoms with Gasteiger partial charge in [-0.05, 0) is 56.4 Å². The summed E-state index contributed by atoms with van der Waals surface area (Å²) in [5.41, 5.74) is 5.87. The van der Waals surface area contributed by atoms with Gasteiger partial charge in [-0.15, -0.1) is 0 Å². The molecule has 2 aromatic rings. The van der Waals surface area contributed by atoms with Crippen LogP contribution in [0.25, 0.3) is 0 Å². The second-order valence-electron chi connectivity index (χ2n) is 8.85. The summed E-state index contributed by atoms with van der Waals surface area (Å²) in [4.78, 5) is 25.3. The number of likely N-dealkylation sites (N-methyl/N-ethyl adjacent to an activating group) is 1. The van der Waals surface area contributed by atoms with Crippen LogP contribution in [0.3, 0.4) is 0 Å². The lowest BCUT2D eigenvalue weighted by atomic mass is 9.96. The lowest BCUT2D eigenvalue weighted by Crippen LogP contribution is -2.28. The molecule has 0 aliphatic carbocycles. The highest BCUT2D eigenvalue weighted by Gasteiger charge is 2.28. The summed E-state index contributed by atoms with van der Waals surface area (Å²) in [5.74, 6) is 0.747. The highest BCUT2D eigenvalue weighted by atomic mass is 16.5. The van der Waals surface area contributed by atoms with Crippen LogP contribution in [0.2, 0.25) is 0 Å². The maximum Gasteiger partial charge on any atom is 0.278 e. The minimum atomic E-state index is -0.0953. The van der Waals surface area contributed by atoms with Crippen molar-refractivity contribution in [3.8, 4) is 0 Å². The first-order chi connectivity index (χ1) is 15.2. The number of aryl methyl sites for hydroxylation is 1. The van der Waals surface area contributed by atoms with E-state index in [1.165, 1.54) is 4.68 Å². The Bertz CT molecular complexity index is 1110. The predicted octanol–water partition coefficient (Wildman–Crippen LogP) is 4.63. The Morgan fingerprint density at radius 3 is 2.44 bits per heavy atom. The van der Waals surface area contributed by atoms with E-state index in [4.69, 9.17) is 14.7 Å². The van der Waals surface area contributed by atoms with E-state index in [2.05, 4.69) is 49.8 Å². The largest absolute Gasteiger partial charge is 0.383 e. The third-order valence-electron chi connectivity index (χ3n) is 5.78. The summed E-state index contributed by atoms with van der Waals surface area (Å²) < 4.78 is 6.65. The first kappa shape index (κ1) is 23.9. The maximum absolute atomic E-state index is 13.2. The van der Waals surface area contributed by atoms with Gasteiger partial charge < -0.3 is 9.64 Å². The number of hydrogen-bond acceptors (Lipinski definition) is 6. The zero-order valence-corrected chi connectivity index (χ0v) is 20.6. The number of aromatic nitrogens is 2. The number of fused-ring (bicyclic) bond motifs is 1. The number of ether oxygens (including phenoxy) is 1. The molecular weight excluding hydrogens is 402 g/mol. The van der Waals surface area contributed by atoms with Gasteiger partial charge in [-0.2, -0.15) is 9.78 Å². The second-order valence-corrected chi connectivity index (χ2v) is 8.85. The molecule has 32 heavy (non-hydrogen) atoms. The van der Waals surface area contributed by atoms with Gasteiger partial charge in [0, 0.05) is 31.5 Å². The molecule has 0 unspecified atom stereocenters. The van der Waals surface area contributed by atoms with Crippen LogP contribution in [0.5, 0.6) is 0 Å². The van der Waals surface area contributed by atoms with Crippen molar-refractivity contribution in [2.75, 3.05) is 31.7 Å². The number of nitrogens with zero attached hydrogens (tertiary/aromatic N) is 5. The molecule has 2 heterocycles. The lowest BCUT2D eigenvalue weighted by Gasteiger charge is -2.23. The number of rotatable bonds is 8. The zero-order valence-electron chi connectivity index (χ0n) is 20.6. The Hall–Kier alpha value is -2.80. The van der Waals surface area contributed by atoms with Crippen molar-refractivity contribution in [1.29, 1.82) is 0 Å². The minimum Gasteiger partial charge on any atom is -0.383 e. The molecule has 0 bridgehead atoms. The summed E-state index contributed by atoms with van der Waals surface area (Å²) in [6.07, 6.45) is 0. The monoisotopic (exact) mass is 437 g/mol. The summed E-state index contributed by atoms with van der Waals surface area (Å²) in [7, 11) is 1.72. The predicted molar refractivity (Wildman–Crippen MR) is 132 cm³/mol. The van der Waals surface area contributed by atoms with Crippen molar-refractivity contribution < 1.29 is 4.74 Å². The van der Waals surface area contributed by atoms with Crippen LogP contribution in [0.4, 0.5) is 11.4 Å². The maximum atomic E-state index is 13.2. The number of benzene rings is 1. The molecule has 172 valence electrons. The molecule has 0 spiro atoms. The van der Waals surface area contributed by atoms with Gasteiger partial charge in [-0.3, -0.25) is 4.79 Å². The molecule has 0 fully saturated rings. The third kappa shape index (κ3) is 4.53. The Morgan fingerprint density at radius 1 is 1.16 bits per heavy atom. The molecule has 1 aliphatic heterocycles. The summed E-state index contributed by atoms with van der Waals surface area (Å²) in [5, 5.41) is 4.50. The third-order valence-corrected chi connectivity index (χ3v) is 5.78. The van der Waals surface area contributed by atoms with E-state index in [0.717, 1.165) is 41.3 Å². The SMILES string of the molecule is CCN(CCOC)c1ccc(N=C2C(C)=Nn3c2nc(C(C)C)c(C(C)C)c3=O)c(C)c1. The van der Waals surface area contributed by atoms with E-state index in [1.54, 1.807) is 7.11 Å². The molecule has 0 radical (unpaired) electrons. The standard InChI is InChI=1S/C25H35N5O2/c1-9-29(12-13-32-8)19-10-11-20(17(6)14-19)26-23-18(7)28-30-24(23)27-22(16(4)5)21(15(2)3)25(30)31/h10-11,14-16H,9,12-13H2,1-8H3. The first-order valence-corrected chi connectivity index (χ1v) is 11.4. The quantitative estimate of drug-likeness (QED) is 0.604. The van der Waals surface area contributed by atoms with Crippen LogP contribution in [0, 0.1) is 6.92 Å². The smallest absolute Gasteiger partial charge is 0.278 e. The Kier molecular flexibility index (Phi) is 7.29. The van der Waals surface area contributed by atoms with Gasteiger partial charge in [0.1, 0.15) is 5.71 Å². The van der Waals surface area contributed by atoms with Crippen molar-refractivity contribution in [2.45, 2.75) is 60.3 Å². The van der Waals surface area contributed by atoms with Crippen LogP contribution < -0.4 is 10.5 Å². The van der Waals surface area contributed by atoms with E-state index in [1.807, 2.05) is 26.8 Å². The van der Waals surface area contributed by atoms with E-state index >= 15 is 0 Å². The Labute approximate surface area is 190 Å². The normalized spacial score (nSPS) is 14.4. The molecule has 0 amide bonds. The highest BCUT2D eigenvalue weighted by molar-refractivity contribution is 6.48. The zero-order chi connectivity index (χ0) is 23.6. The van der Waals surface area contributed by atoms with Crippen LogP contribution in [-0.4, -0.2) is 47.9 Å². The van der Waals surface area contributed by atoms with Crippen molar-refractivity contribution in [3.05, 3.63) is 51.2 Å². The average Bonchev–Trinajstić information content (AvgIpc) is 3.05. The molecule has 7 heteroatoms. The molecule has 0 atom stereocenters. The molecule has 1 aromatic carbocycles. The van der Waals surface area contributed by atoms with Gasteiger partial charge in [0.15, 0.2) is 5.82 Å². The van der Waals surface area contributed by atoms with Gasteiger partial charge in [0.25, 0.3) is 5.56 Å². The van der Waals surface area contributed by atoms with Crippen LogP contribution in [0.15, 0.2) is 33.1 Å². The summed E-state index contributed by atoms with van der Waals surface area (Å²) >= 11 is 0. The Morgan fingerprint density at radius 2 is 1.88 bits per heavy atom. The van der Waals surface area contributed by atoms with E-state index in [9.17, 15) is 4.79 Å². The number of hydrogen-bond donors (Lipinski definition) is 0. The Balaban J connectivity index is 2.07. The molecule has 7 nitrogen and oxygen atoms in total. The summed E-state index contributed by atoms with van der Waals surface area (Å²) in [6.45, 7) is 16.7. The molecule has 0 saturated carbocycles. The van der Waals surface area contributed by atoms with Gasteiger partial charge in [-0.1, -0.05) is 27.7 Å². The van der Waals surface area contributed by atoms with Crippen molar-refractivity contribution in [3.63, 3.8) is 0 Å². The van der Waals surface area contributed by atoms with Gasteiger partial charge in [0.05, 0.1) is 23.7 Å². The summed E-state index contributed by atoms with van der Waals surface area (Å²) in [6, 6.07) is 6.24. The van der Waals surface area contributed by atoms with Crippen LogP contribution in [0.1, 0.15) is 76.0 Å². The number of methoxy groups -OCH3 is 1. The van der Waals surface area contributed by atoms with E-state index in [0.29, 0.717) is 23.9 Å². The molecule has 1 aliphatic rings. The fraction of sp³-hybridized carbons (Fsp3) is 0.520. The number of aliphatic imine (C=N–C) groups is 1. The van der Waals surface area contributed by atoms with Crippen LogP contribution >= 0.6 is 0 Å². The van der Waals surface area contributed by atoms with Crippen molar-refractivity contribution in [2.24, 2.45) is 10.1 Å². The second kappa shape index (κ2) is 9.77. The topological polar surface area (TPSA) is 72.1 Å². The molecule has 1 aromatic heterocycles. The van der Waals surface area contributed by atoms with Gasteiger partial charge >= 0.3 is 0 Å². The van der Waals surface area contributed by atoms with Crippen molar-refractivity contribution in [1.82, 2.24) is 9.66 Å². The van der Waals surface area contributed by atoms with Gasteiger partial charge in [0.2, 0.25) is 0 Å². The highest BCUT2D eigenvalue weighted by Crippen LogP contribution is 2.28. The molecular formula is C25H35N5O2. The fourth-order valence-corrected chi connectivity index (χ4v) is 4.01. The fourth-order valence-electron chi connectivity index (χ4n) is 4.01. The van der Waals surface area contributed by atoms with E-state index < -0.39 is 0 Å². The lowest BCUT2D eigenvalue weighted by molar-refractivity contribution is 0.205. The van der Waals surface area contributed by atoms with E-state index in [-0.39, 0.29) is 17.4 Å². The number of anilines is 1. The molecule has 0 saturated heterocycles. The van der Waals surface area contributed by atoms with Crippen LogP contribution in [-0.2, 0) is 4.74 Å². The molecule has 0 N–H and O–H groups in total. The average molecular weight is 438 g/mol.